The number of hydrogen-bond acceptors (Lipinski definition) is 4. The standard InChI is InChI=1S/C18H29N3O5/c1-12(2)10-14(16(22)23)19-15(17(24)25)11-20-8-9-21(18(20)26)13-6-4-3-5-7-13/h8-9,12-15,19H,3-7,10-11H2,1-2H3,(H,22,23)(H,24,25). The van der Waals surface area contributed by atoms with Crippen LogP contribution in [-0.2, 0) is 16.1 Å². The van der Waals surface area contributed by atoms with Crippen LogP contribution in [0.3, 0.4) is 0 Å². The number of carboxylic acid groups (broad SMARTS) is 2. The molecule has 8 heteroatoms. The van der Waals surface area contributed by atoms with Gasteiger partial charge in [0.2, 0.25) is 0 Å². The van der Waals surface area contributed by atoms with Crippen molar-refractivity contribution in [2.75, 3.05) is 0 Å². The van der Waals surface area contributed by atoms with Gasteiger partial charge in [-0.2, -0.15) is 0 Å². The molecule has 0 saturated heterocycles. The Morgan fingerprint density at radius 1 is 1.12 bits per heavy atom. The van der Waals surface area contributed by atoms with E-state index in [1.54, 1.807) is 17.0 Å². The van der Waals surface area contributed by atoms with Gasteiger partial charge in [0.1, 0.15) is 12.1 Å². The molecule has 8 nitrogen and oxygen atoms in total. The summed E-state index contributed by atoms with van der Waals surface area (Å²) in [4.78, 5) is 35.6. The van der Waals surface area contributed by atoms with Crippen LogP contribution in [0.2, 0.25) is 0 Å². The number of imidazole rings is 1. The lowest BCUT2D eigenvalue weighted by atomic mass is 9.95. The largest absolute Gasteiger partial charge is 0.480 e. The number of aromatic nitrogens is 2. The fraction of sp³-hybridized carbons (Fsp3) is 0.722. The molecule has 3 N–H and O–H groups in total. The molecule has 2 atom stereocenters. The lowest BCUT2D eigenvalue weighted by Gasteiger charge is -2.23. The highest BCUT2D eigenvalue weighted by molar-refractivity contribution is 5.77. The first-order valence-electron chi connectivity index (χ1n) is 9.28. The first-order valence-corrected chi connectivity index (χ1v) is 9.28. The second-order valence-electron chi connectivity index (χ2n) is 7.51. The molecule has 0 amide bonds. The highest BCUT2D eigenvalue weighted by Gasteiger charge is 2.28. The zero-order valence-electron chi connectivity index (χ0n) is 15.4. The van der Waals surface area contributed by atoms with Crippen LogP contribution in [0.1, 0.15) is 58.4 Å². The third kappa shape index (κ3) is 5.20. The summed E-state index contributed by atoms with van der Waals surface area (Å²) in [5.74, 6) is -2.15. The molecule has 1 heterocycles. The first-order chi connectivity index (χ1) is 12.3. The minimum absolute atomic E-state index is 0.101. The number of carbonyl (C=O) groups is 2. The molecule has 1 aromatic rings. The topological polar surface area (TPSA) is 114 Å². The summed E-state index contributed by atoms with van der Waals surface area (Å²) in [5.41, 5.74) is -0.235. The fourth-order valence-electron chi connectivity index (χ4n) is 3.56. The summed E-state index contributed by atoms with van der Waals surface area (Å²) in [7, 11) is 0. The van der Waals surface area contributed by atoms with Crippen molar-refractivity contribution in [2.45, 2.75) is 77.0 Å². The summed E-state index contributed by atoms with van der Waals surface area (Å²) in [5, 5.41) is 21.5. The number of aliphatic carboxylic acids is 2. The van der Waals surface area contributed by atoms with Crippen LogP contribution >= 0.6 is 0 Å². The lowest BCUT2D eigenvalue weighted by molar-refractivity contribution is -0.143. The normalized spacial score (nSPS) is 18.0. The number of rotatable bonds is 9. The summed E-state index contributed by atoms with van der Waals surface area (Å²) >= 11 is 0. The smallest absolute Gasteiger partial charge is 0.328 e. The van der Waals surface area contributed by atoms with Crippen LogP contribution in [0, 0.1) is 5.92 Å². The molecule has 2 rings (SSSR count). The number of carboxylic acids is 2. The molecule has 1 aliphatic rings. The van der Waals surface area contributed by atoms with Crippen molar-refractivity contribution < 1.29 is 19.8 Å². The highest BCUT2D eigenvalue weighted by Crippen LogP contribution is 2.26. The van der Waals surface area contributed by atoms with Gasteiger partial charge in [-0.05, 0) is 25.2 Å². The van der Waals surface area contributed by atoms with E-state index in [0.29, 0.717) is 6.42 Å². The van der Waals surface area contributed by atoms with Crippen LogP contribution in [0.15, 0.2) is 17.2 Å². The van der Waals surface area contributed by atoms with E-state index in [0.717, 1.165) is 25.7 Å². The van der Waals surface area contributed by atoms with Gasteiger partial charge in [0, 0.05) is 18.4 Å². The molecule has 1 saturated carbocycles. The molecule has 0 spiro atoms. The van der Waals surface area contributed by atoms with Crippen molar-refractivity contribution in [3.63, 3.8) is 0 Å². The quantitative estimate of drug-likeness (QED) is 0.612. The molecule has 1 fully saturated rings. The van der Waals surface area contributed by atoms with Gasteiger partial charge >= 0.3 is 17.6 Å². The predicted octanol–water partition coefficient (Wildman–Crippen LogP) is 1.70. The Kier molecular flexibility index (Phi) is 7.02. The van der Waals surface area contributed by atoms with E-state index >= 15 is 0 Å². The average molecular weight is 367 g/mol. The number of hydrogen-bond donors (Lipinski definition) is 3. The third-order valence-corrected chi connectivity index (χ3v) is 4.93. The van der Waals surface area contributed by atoms with Crippen molar-refractivity contribution in [2.24, 2.45) is 5.92 Å². The molecule has 0 aliphatic heterocycles. The van der Waals surface area contributed by atoms with E-state index in [1.807, 2.05) is 13.8 Å². The van der Waals surface area contributed by atoms with Gasteiger partial charge in [0.25, 0.3) is 0 Å². The van der Waals surface area contributed by atoms with Crippen molar-refractivity contribution in [1.29, 1.82) is 0 Å². The van der Waals surface area contributed by atoms with Crippen LogP contribution in [0.5, 0.6) is 0 Å². The average Bonchev–Trinajstić information content (AvgIpc) is 2.94. The summed E-state index contributed by atoms with van der Waals surface area (Å²) in [6.45, 7) is 3.65. The van der Waals surface area contributed by atoms with Crippen LogP contribution in [0.25, 0.3) is 0 Å². The van der Waals surface area contributed by atoms with Crippen molar-refractivity contribution >= 4 is 11.9 Å². The van der Waals surface area contributed by atoms with Crippen LogP contribution in [-0.4, -0.2) is 43.4 Å². The van der Waals surface area contributed by atoms with E-state index in [2.05, 4.69) is 5.32 Å². The number of nitrogens with one attached hydrogen (secondary N) is 1. The Labute approximate surface area is 152 Å². The maximum Gasteiger partial charge on any atom is 0.328 e. The minimum Gasteiger partial charge on any atom is -0.480 e. The Balaban J connectivity index is 2.12. The molecule has 1 aromatic heterocycles. The third-order valence-electron chi connectivity index (χ3n) is 4.93. The molecule has 2 unspecified atom stereocenters. The molecule has 0 radical (unpaired) electrons. The second kappa shape index (κ2) is 9.02. The minimum atomic E-state index is -1.17. The second-order valence-corrected chi connectivity index (χ2v) is 7.51. The molecule has 0 aromatic carbocycles. The van der Waals surface area contributed by atoms with E-state index in [-0.39, 0.29) is 24.2 Å². The number of nitrogens with zero attached hydrogens (tertiary/aromatic N) is 2. The zero-order valence-corrected chi connectivity index (χ0v) is 15.4. The van der Waals surface area contributed by atoms with Gasteiger partial charge in [-0.3, -0.25) is 24.0 Å². The highest BCUT2D eigenvalue weighted by atomic mass is 16.4. The molecular formula is C18H29N3O5. The maximum absolute atomic E-state index is 12.6. The fourth-order valence-corrected chi connectivity index (χ4v) is 3.56. The van der Waals surface area contributed by atoms with Gasteiger partial charge in [0.05, 0.1) is 6.54 Å². The monoisotopic (exact) mass is 367 g/mol. The Morgan fingerprint density at radius 3 is 2.27 bits per heavy atom. The molecule has 26 heavy (non-hydrogen) atoms. The van der Waals surface area contributed by atoms with E-state index in [1.165, 1.54) is 11.0 Å². The molecule has 0 bridgehead atoms. The van der Waals surface area contributed by atoms with Gasteiger partial charge < -0.3 is 10.2 Å². The maximum atomic E-state index is 12.6. The first kappa shape index (κ1) is 20.2. The van der Waals surface area contributed by atoms with E-state index in [4.69, 9.17) is 0 Å². The van der Waals surface area contributed by atoms with Gasteiger partial charge in [-0.1, -0.05) is 33.1 Å². The SMILES string of the molecule is CC(C)CC(NC(Cn1ccn(C2CCCCC2)c1=O)C(=O)O)C(=O)O. The Hall–Kier alpha value is -2.09. The predicted molar refractivity (Wildman–Crippen MR) is 96.3 cm³/mol. The van der Waals surface area contributed by atoms with Gasteiger partial charge in [0.15, 0.2) is 0 Å². The Morgan fingerprint density at radius 2 is 1.73 bits per heavy atom. The summed E-state index contributed by atoms with van der Waals surface area (Å²) in [6.07, 6.45) is 8.90. The van der Waals surface area contributed by atoms with Gasteiger partial charge in [-0.25, -0.2) is 4.79 Å². The van der Waals surface area contributed by atoms with Crippen LogP contribution < -0.4 is 11.0 Å². The molecular weight excluding hydrogens is 338 g/mol. The van der Waals surface area contributed by atoms with E-state index in [9.17, 15) is 24.6 Å². The van der Waals surface area contributed by atoms with Crippen LogP contribution in [0.4, 0.5) is 0 Å². The van der Waals surface area contributed by atoms with Crippen molar-refractivity contribution in [3.05, 3.63) is 22.9 Å². The molecule has 1 aliphatic carbocycles. The van der Waals surface area contributed by atoms with E-state index < -0.39 is 24.0 Å². The molecule has 146 valence electrons. The summed E-state index contributed by atoms with van der Waals surface area (Å²) < 4.78 is 3.04. The Bertz CT molecular complexity index is 673. The zero-order chi connectivity index (χ0) is 19.3. The lowest BCUT2D eigenvalue weighted by Crippen LogP contribution is -2.50. The summed E-state index contributed by atoms with van der Waals surface area (Å²) in [6, 6.07) is -1.94. The van der Waals surface area contributed by atoms with Crippen molar-refractivity contribution in [1.82, 2.24) is 14.5 Å². The van der Waals surface area contributed by atoms with Gasteiger partial charge in [-0.15, -0.1) is 0 Å². The van der Waals surface area contributed by atoms with Crippen molar-refractivity contribution in [3.8, 4) is 0 Å².